The van der Waals surface area contributed by atoms with Crippen molar-refractivity contribution >= 4 is 0 Å². The summed E-state index contributed by atoms with van der Waals surface area (Å²) in [5.41, 5.74) is 1.27. The summed E-state index contributed by atoms with van der Waals surface area (Å²) >= 11 is 0. The Bertz CT molecular complexity index is 398. The predicted molar refractivity (Wildman–Crippen MR) is 73.1 cm³/mol. The van der Waals surface area contributed by atoms with Gasteiger partial charge in [-0.05, 0) is 51.3 Å². The SMILES string of the molecule is CCC(NC(C)(C)C)C(O)c1ccc(F)c(C)c1. The molecule has 0 saturated heterocycles. The molecule has 0 heterocycles. The lowest BCUT2D eigenvalue weighted by Gasteiger charge is -2.31. The standard InChI is InChI=1S/C15H24FNO/c1-6-13(17-15(3,4)5)14(18)11-7-8-12(16)10(2)9-11/h7-9,13-14,17-18H,6H2,1-5H3. The van der Waals surface area contributed by atoms with Crippen LogP contribution < -0.4 is 5.32 Å². The fourth-order valence-corrected chi connectivity index (χ4v) is 2.04. The van der Waals surface area contributed by atoms with Crippen LogP contribution in [0.5, 0.6) is 0 Å². The molecular weight excluding hydrogens is 229 g/mol. The van der Waals surface area contributed by atoms with Crippen LogP contribution in [0.15, 0.2) is 18.2 Å². The molecule has 0 aliphatic carbocycles. The van der Waals surface area contributed by atoms with Crippen LogP contribution in [0.1, 0.15) is 51.3 Å². The van der Waals surface area contributed by atoms with Gasteiger partial charge in [-0.1, -0.05) is 19.1 Å². The minimum Gasteiger partial charge on any atom is -0.387 e. The maximum absolute atomic E-state index is 13.2. The van der Waals surface area contributed by atoms with Crippen LogP contribution in [0.2, 0.25) is 0 Å². The molecule has 1 rings (SSSR count). The topological polar surface area (TPSA) is 32.3 Å². The molecule has 1 aromatic carbocycles. The molecule has 2 atom stereocenters. The van der Waals surface area contributed by atoms with Crippen LogP contribution in [0.3, 0.4) is 0 Å². The zero-order chi connectivity index (χ0) is 13.9. The highest BCUT2D eigenvalue weighted by atomic mass is 19.1. The van der Waals surface area contributed by atoms with Gasteiger partial charge in [0.15, 0.2) is 0 Å². The first-order chi connectivity index (χ1) is 8.24. The molecule has 0 bridgehead atoms. The van der Waals surface area contributed by atoms with Gasteiger partial charge in [0, 0.05) is 11.6 Å². The Kier molecular flexibility index (Phi) is 4.88. The molecule has 0 aromatic heterocycles. The summed E-state index contributed by atoms with van der Waals surface area (Å²) in [4.78, 5) is 0. The molecule has 0 spiro atoms. The molecule has 0 aliphatic heterocycles. The van der Waals surface area contributed by atoms with E-state index in [4.69, 9.17) is 0 Å². The van der Waals surface area contributed by atoms with Crippen molar-refractivity contribution in [2.45, 2.75) is 58.7 Å². The third-order valence-electron chi connectivity index (χ3n) is 2.96. The van der Waals surface area contributed by atoms with E-state index in [0.29, 0.717) is 5.56 Å². The lowest BCUT2D eigenvalue weighted by molar-refractivity contribution is 0.110. The lowest BCUT2D eigenvalue weighted by Crippen LogP contribution is -2.46. The number of aliphatic hydroxyl groups excluding tert-OH is 1. The van der Waals surface area contributed by atoms with E-state index in [0.717, 1.165) is 12.0 Å². The van der Waals surface area contributed by atoms with Crippen molar-refractivity contribution in [1.82, 2.24) is 5.32 Å². The summed E-state index contributed by atoms with van der Waals surface area (Å²) in [7, 11) is 0. The monoisotopic (exact) mass is 253 g/mol. The van der Waals surface area contributed by atoms with Crippen molar-refractivity contribution in [3.05, 3.63) is 35.1 Å². The number of rotatable bonds is 4. The number of nitrogens with one attached hydrogen (secondary N) is 1. The van der Waals surface area contributed by atoms with Gasteiger partial charge in [0.1, 0.15) is 5.82 Å². The van der Waals surface area contributed by atoms with Gasteiger partial charge < -0.3 is 10.4 Å². The van der Waals surface area contributed by atoms with Gasteiger partial charge in [0.05, 0.1) is 6.10 Å². The highest BCUT2D eigenvalue weighted by Crippen LogP contribution is 2.22. The molecule has 102 valence electrons. The van der Waals surface area contributed by atoms with Crippen LogP contribution in [-0.2, 0) is 0 Å². The van der Waals surface area contributed by atoms with E-state index in [1.165, 1.54) is 6.07 Å². The molecule has 2 nitrogen and oxygen atoms in total. The average Bonchev–Trinajstić information content (AvgIpc) is 2.27. The van der Waals surface area contributed by atoms with E-state index in [1.54, 1.807) is 19.1 Å². The zero-order valence-corrected chi connectivity index (χ0v) is 11.9. The highest BCUT2D eigenvalue weighted by molar-refractivity contribution is 5.26. The summed E-state index contributed by atoms with van der Waals surface area (Å²) in [6, 6.07) is 4.75. The smallest absolute Gasteiger partial charge is 0.126 e. The Labute approximate surface area is 109 Å². The normalized spacial score (nSPS) is 15.5. The number of benzene rings is 1. The molecule has 3 heteroatoms. The van der Waals surface area contributed by atoms with Gasteiger partial charge in [0.25, 0.3) is 0 Å². The third kappa shape index (κ3) is 4.07. The number of aliphatic hydroxyl groups is 1. The molecule has 2 unspecified atom stereocenters. The average molecular weight is 253 g/mol. The van der Waals surface area contributed by atoms with Gasteiger partial charge in [-0.15, -0.1) is 0 Å². The van der Waals surface area contributed by atoms with Crippen molar-refractivity contribution < 1.29 is 9.50 Å². The summed E-state index contributed by atoms with van der Waals surface area (Å²) in [6.45, 7) is 9.95. The van der Waals surface area contributed by atoms with Crippen LogP contribution in [0.4, 0.5) is 4.39 Å². The largest absolute Gasteiger partial charge is 0.387 e. The van der Waals surface area contributed by atoms with Gasteiger partial charge in [-0.25, -0.2) is 4.39 Å². The number of halogens is 1. The summed E-state index contributed by atoms with van der Waals surface area (Å²) in [5.74, 6) is -0.234. The van der Waals surface area contributed by atoms with Gasteiger partial charge in [0.2, 0.25) is 0 Å². The van der Waals surface area contributed by atoms with Crippen LogP contribution in [0, 0.1) is 12.7 Å². The summed E-state index contributed by atoms with van der Waals surface area (Å²) in [5, 5.41) is 13.8. The maximum atomic E-state index is 13.2. The van der Waals surface area contributed by atoms with Crippen molar-refractivity contribution in [2.24, 2.45) is 0 Å². The third-order valence-corrected chi connectivity index (χ3v) is 2.96. The Hall–Kier alpha value is -0.930. The van der Waals surface area contributed by atoms with Crippen molar-refractivity contribution in [3.63, 3.8) is 0 Å². The Morgan fingerprint density at radius 1 is 1.33 bits per heavy atom. The summed E-state index contributed by atoms with van der Waals surface area (Å²) in [6.07, 6.45) is 0.197. The first-order valence-corrected chi connectivity index (χ1v) is 6.46. The molecule has 0 saturated carbocycles. The molecular formula is C15H24FNO. The van der Waals surface area contributed by atoms with Crippen LogP contribution in [-0.4, -0.2) is 16.7 Å². The van der Waals surface area contributed by atoms with E-state index in [9.17, 15) is 9.50 Å². The van der Waals surface area contributed by atoms with E-state index < -0.39 is 6.10 Å². The maximum Gasteiger partial charge on any atom is 0.126 e. The molecule has 0 aliphatic rings. The zero-order valence-electron chi connectivity index (χ0n) is 11.9. The minimum absolute atomic E-state index is 0.0325. The Morgan fingerprint density at radius 3 is 2.39 bits per heavy atom. The first-order valence-electron chi connectivity index (χ1n) is 6.46. The second kappa shape index (κ2) is 5.81. The van der Waals surface area contributed by atoms with Crippen molar-refractivity contribution in [2.75, 3.05) is 0 Å². The van der Waals surface area contributed by atoms with Gasteiger partial charge >= 0.3 is 0 Å². The number of aryl methyl sites for hydroxylation is 1. The lowest BCUT2D eigenvalue weighted by atomic mass is 9.96. The fraction of sp³-hybridized carbons (Fsp3) is 0.600. The first kappa shape index (κ1) is 15.1. The molecule has 0 radical (unpaired) electrons. The second-order valence-electron chi connectivity index (χ2n) is 5.86. The molecule has 18 heavy (non-hydrogen) atoms. The predicted octanol–water partition coefficient (Wildman–Crippen LogP) is 3.33. The van der Waals surface area contributed by atoms with Crippen molar-refractivity contribution in [3.8, 4) is 0 Å². The van der Waals surface area contributed by atoms with Crippen LogP contribution in [0.25, 0.3) is 0 Å². The molecule has 2 N–H and O–H groups in total. The highest BCUT2D eigenvalue weighted by Gasteiger charge is 2.24. The Morgan fingerprint density at radius 2 is 1.94 bits per heavy atom. The second-order valence-corrected chi connectivity index (χ2v) is 5.86. The van der Waals surface area contributed by atoms with Gasteiger partial charge in [-0.2, -0.15) is 0 Å². The quantitative estimate of drug-likeness (QED) is 0.862. The van der Waals surface area contributed by atoms with E-state index in [1.807, 2.05) is 6.92 Å². The molecule has 0 fully saturated rings. The minimum atomic E-state index is -0.617. The van der Waals surface area contributed by atoms with E-state index in [-0.39, 0.29) is 17.4 Å². The molecule has 0 amide bonds. The number of hydrogen-bond donors (Lipinski definition) is 2. The van der Waals surface area contributed by atoms with E-state index >= 15 is 0 Å². The van der Waals surface area contributed by atoms with Crippen LogP contribution >= 0.6 is 0 Å². The molecule has 1 aromatic rings. The van der Waals surface area contributed by atoms with Crippen molar-refractivity contribution in [1.29, 1.82) is 0 Å². The number of hydrogen-bond acceptors (Lipinski definition) is 2. The van der Waals surface area contributed by atoms with E-state index in [2.05, 4.69) is 26.1 Å². The summed E-state index contributed by atoms with van der Waals surface area (Å²) < 4.78 is 13.2. The van der Waals surface area contributed by atoms with Gasteiger partial charge in [-0.3, -0.25) is 0 Å². The fourth-order valence-electron chi connectivity index (χ4n) is 2.04. The Balaban J connectivity index is 2.89.